The second-order valence-corrected chi connectivity index (χ2v) is 6.94. The number of ether oxygens (including phenoxy) is 6. The number of carbonyl (C=O) groups excluding carboxylic acids is 4. The Morgan fingerprint density at radius 3 is 1.85 bits per heavy atom. The van der Waals surface area contributed by atoms with Crippen LogP contribution in [0, 0.1) is 10.1 Å². The van der Waals surface area contributed by atoms with Crippen molar-refractivity contribution in [3.63, 3.8) is 0 Å². The van der Waals surface area contributed by atoms with Gasteiger partial charge in [-0.05, 0) is 12.1 Å². The summed E-state index contributed by atoms with van der Waals surface area (Å²) in [5, 5.41) is 10.9. The van der Waals surface area contributed by atoms with Crippen molar-refractivity contribution in [3.8, 4) is 5.75 Å². The molecule has 5 atom stereocenters. The molecule has 0 bridgehead atoms. The summed E-state index contributed by atoms with van der Waals surface area (Å²) in [5.74, 6) is -2.87. The maximum atomic E-state index is 11.8. The van der Waals surface area contributed by atoms with Crippen LogP contribution in [-0.4, -0.2) is 66.1 Å². The monoisotopic (exact) mass is 469 g/mol. The van der Waals surface area contributed by atoms with Gasteiger partial charge in [0.2, 0.25) is 12.4 Å². The predicted octanol–water partition coefficient (Wildman–Crippen LogP) is 1.06. The molecule has 13 heteroatoms. The molecule has 1 aliphatic rings. The molecule has 1 fully saturated rings. The summed E-state index contributed by atoms with van der Waals surface area (Å²) in [6.07, 6.45) is -6.69. The summed E-state index contributed by atoms with van der Waals surface area (Å²) in [4.78, 5) is 56.8. The van der Waals surface area contributed by atoms with E-state index in [2.05, 4.69) is 0 Å². The predicted molar refractivity (Wildman–Crippen MR) is 106 cm³/mol. The SMILES string of the molecule is CC(=O)OC[C@H]1O[C@@H](Oc2ccc([N+](=O)[O-])cc2)[C@H](OC(C)=O)[C@@H](OC(C)=O)[C@H]1OC(C)=O. The summed E-state index contributed by atoms with van der Waals surface area (Å²) in [6, 6.07) is 4.93. The average molecular weight is 469 g/mol. The van der Waals surface area contributed by atoms with Crippen molar-refractivity contribution in [3.05, 3.63) is 34.4 Å². The number of rotatable bonds is 8. The van der Waals surface area contributed by atoms with Gasteiger partial charge in [-0.3, -0.25) is 29.3 Å². The largest absolute Gasteiger partial charge is 0.463 e. The molecule has 1 aromatic carbocycles. The summed E-state index contributed by atoms with van der Waals surface area (Å²) in [5.41, 5.74) is -0.191. The van der Waals surface area contributed by atoms with E-state index in [4.69, 9.17) is 28.4 Å². The van der Waals surface area contributed by atoms with Crippen molar-refractivity contribution in [2.75, 3.05) is 6.61 Å². The maximum Gasteiger partial charge on any atom is 0.303 e. The number of nitro benzene ring substituents is 1. The molecule has 1 aliphatic heterocycles. The van der Waals surface area contributed by atoms with Crippen LogP contribution in [-0.2, 0) is 42.9 Å². The molecular formula is C20H23NO12. The van der Waals surface area contributed by atoms with E-state index < -0.39 is 66.1 Å². The Bertz CT molecular complexity index is 899. The number of non-ortho nitro benzene ring substituents is 1. The zero-order valence-corrected chi connectivity index (χ0v) is 18.2. The fourth-order valence-electron chi connectivity index (χ4n) is 3.06. The van der Waals surface area contributed by atoms with Gasteiger partial charge in [-0.15, -0.1) is 0 Å². The van der Waals surface area contributed by atoms with E-state index in [1.54, 1.807) is 0 Å². The summed E-state index contributed by atoms with van der Waals surface area (Å²) in [7, 11) is 0. The third kappa shape index (κ3) is 7.42. The highest BCUT2D eigenvalue weighted by atomic mass is 16.7. The van der Waals surface area contributed by atoms with Gasteiger partial charge in [-0.2, -0.15) is 0 Å². The molecule has 0 aliphatic carbocycles. The fourth-order valence-corrected chi connectivity index (χ4v) is 3.06. The zero-order chi connectivity index (χ0) is 24.7. The van der Waals surface area contributed by atoms with Crippen LogP contribution in [0.2, 0.25) is 0 Å². The first-order chi connectivity index (χ1) is 15.5. The molecule has 0 spiro atoms. The molecule has 0 saturated carbocycles. The molecule has 0 amide bonds. The third-order valence-corrected chi connectivity index (χ3v) is 4.25. The second-order valence-electron chi connectivity index (χ2n) is 6.94. The molecule has 180 valence electrons. The van der Waals surface area contributed by atoms with Crippen LogP contribution in [0.5, 0.6) is 5.75 Å². The molecular weight excluding hydrogens is 446 g/mol. The van der Waals surface area contributed by atoms with Gasteiger partial charge in [0.15, 0.2) is 12.2 Å². The van der Waals surface area contributed by atoms with Crippen LogP contribution >= 0.6 is 0 Å². The van der Waals surface area contributed by atoms with Crippen LogP contribution < -0.4 is 4.74 Å². The lowest BCUT2D eigenvalue weighted by Crippen LogP contribution is -2.63. The Labute approximate surface area is 188 Å². The van der Waals surface area contributed by atoms with Gasteiger partial charge < -0.3 is 28.4 Å². The first-order valence-electron chi connectivity index (χ1n) is 9.69. The normalized spacial score (nSPS) is 24.2. The summed E-state index contributed by atoms with van der Waals surface area (Å²) in [6.45, 7) is 4.05. The quantitative estimate of drug-likeness (QED) is 0.230. The van der Waals surface area contributed by atoms with Gasteiger partial charge in [0.05, 0.1) is 4.92 Å². The van der Waals surface area contributed by atoms with E-state index in [0.717, 1.165) is 27.7 Å². The number of carbonyl (C=O) groups is 4. The average Bonchev–Trinajstić information content (AvgIpc) is 2.70. The molecule has 2 rings (SSSR count). The van der Waals surface area contributed by atoms with Gasteiger partial charge in [-0.1, -0.05) is 0 Å². The highest BCUT2D eigenvalue weighted by Crippen LogP contribution is 2.31. The van der Waals surface area contributed by atoms with E-state index in [1.165, 1.54) is 24.3 Å². The van der Waals surface area contributed by atoms with Crippen LogP contribution in [0.3, 0.4) is 0 Å². The van der Waals surface area contributed by atoms with Crippen LogP contribution in [0.15, 0.2) is 24.3 Å². The van der Waals surface area contributed by atoms with Crippen LogP contribution in [0.1, 0.15) is 27.7 Å². The highest BCUT2D eigenvalue weighted by molar-refractivity contribution is 5.68. The molecule has 0 radical (unpaired) electrons. The smallest absolute Gasteiger partial charge is 0.303 e. The number of hydrogen-bond acceptors (Lipinski definition) is 12. The first-order valence-corrected chi connectivity index (χ1v) is 9.69. The lowest BCUT2D eigenvalue weighted by molar-refractivity contribution is -0.384. The van der Waals surface area contributed by atoms with Crippen molar-refractivity contribution in [1.29, 1.82) is 0 Å². The number of hydrogen-bond donors (Lipinski definition) is 0. The second kappa shape index (κ2) is 11.2. The van der Waals surface area contributed by atoms with Gasteiger partial charge >= 0.3 is 23.9 Å². The molecule has 1 heterocycles. The Morgan fingerprint density at radius 1 is 0.848 bits per heavy atom. The van der Waals surface area contributed by atoms with E-state index in [-0.39, 0.29) is 11.4 Å². The Kier molecular flexibility index (Phi) is 8.68. The molecule has 33 heavy (non-hydrogen) atoms. The van der Waals surface area contributed by atoms with Gasteiger partial charge in [0, 0.05) is 39.8 Å². The lowest BCUT2D eigenvalue weighted by Gasteiger charge is -2.43. The Morgan fingerprint density at radius 2 is 1.36 bits per heavy atom. The van der Waals surface area contributed by atoms with Gasteiger partial charge in [0.25, 0.3) is 5.69 Å². The van der Waals surface area contributed by atoms with Crippen molar-refractivity contribution < 1.29 is 52.5 Å². The van der Waals surface area contributed by atoms with E-state index in [1.807, 2.05) is 0 Å². The minimum Gasteiger partial charge on any atom is -0.463 e. The molecule has 0 unspecified atom stereocenters. The van der Waals surface area contributed by atoms with Crippen molar-refractivity contribution in [1.82, 2.24) is 0 Å². The van der Waals surface area contributed by atoms with Gasteiger partial charge in [-0.25, -0.2) is 0 Å². The highest BCUT2D eigenvalue weighted by Gasteiger charge is 2.53. The van der Waals surface area contributed by atoms with Crippen molar-refractivity contribution >= 4 is 29.6 Å². The Hall–Kier alpha value is -3.74. The number of nitro groups is 1. The van der Waals surface area contributed by atoms with E-state index in [0.29, 0.717) is 0 Å². The van der Waals surface area contributed by atoms with Gasteiger partial charge in [0.1, 0.15) is 18.5 Å². The fraction of sp³-hybridized carbons (Fsp3) is 0.500. The minimum atomic E-state index is -1.42. The zero-order valence-electron chi connectivity index (χ0n) is 18.2. The molecule has 0 N–H and O–H groups in total. The minimum absolute atomic E-state index is 0.0986. The maximum absolute atomic E-state index is 11.8. The standard InChI is InChI=1S/C20H23NO12/c1-10(22)28-9-16-17(29-11(2)23)18(30-12(3)24)19(31-13(4)25)20(33-16)32-15-7-5-14(6-8-15)21(26)27/h5-8,16-20H,9H2,1-4H3/t16-,17+,18+,19-,20-/m1/s1. The first kappa shape index (κ1) is 25.5. The topological polar surface area (TPSA) is 167 Å². The Balaban J connectivity index is 2.43. The number of esters is 4. The van der Waals surface area contributed by atoms with E-state index in [9.17, 15) is 29.3 Å². The lowest BCUT2D eigenvalue weighted by atomic mass is 9.98. The van der Waals surface area contributed by atoms with Crippen LogP contribution in [0.4, 0.5) is 5.69 Å². The molecule has 0 aromatic heterocycles. The number of nitrogens with zero attached hydrogens (tertiary/aromatic N) is 1. The number of benzene rings is 1. The third-order valence-electron chi connectivity index (χ3n) is 4.25. The molecule has 1 aromatic rings. The van der Waals surface area contributed by atoms with Crippen molar-refractivity contribution in [2.45, 2.75) is 58.4 Å². The van der Waals surface area contributed by atoms with E-state index >= 15 is 0 Å². The van der Waals surface area contributed by atoms with Crippen molar-refractivity contribution in [2.24, 2.45) is 0 Å². The summed E-state index contributed by atoms with van der Waals surface area (Å²) < 4.78 is 32.3. The molecule has 13 nitrogen and oxygen atoms in total. The molecule has 1 saturated heterocycles. The van der Waals surface area contributed by atoms with Crippen LogP contribution in [0.25, 0.3) is 0 Å². The summed E-state index contributed by atoms with van der Waals surface area (Å²) >= 11 is 0.